The van der Waals surface area contributed by atoms with E-state index in [9.17, 15) is 0 Å². The monoisotopic (exact) mass is 194 g/mol. The zero-order valence-corrected chi connectivity index (χ0v) is 8.97. The minimum absolute atomic E-state index is 0.848. The first-order valence-electron chi connectivity index (χ1n) is 5.97. The van der Waals surface area contributed by atoms with Crippen molar-refractivity contribution < 1.29 is 0 Å². The van der Waals surface area contributed by atoms with Crippen molar-refractivity contribution in [1.82, 2.24) is 10.6 Å². The highest BCUT2D eigenvalue weighted by molar-refractivity contribution is 4.96. The average Bonchev–Trinajstić information content (AvgIpc) is 3.03. The minimum atomic E-state index is 0.848. The van der Waals surface area contributed by atoms with Gasteiger partial charge in [-0.1, -0.05) is 6.08 Å². The van der Waals surface area contributed by atoms with E-state index in [-0.39, 0.29) is 0 Å². The Kier molecular flexibility index (Phi) is 3.60. The second-order valence-corrected chi connectivity index (χ2v) is 4.65. The topological polar surface area (TPSA) is 24.1 Å². The lowest BCUT2D eigenvalue weighted by Crippen LogP contribution is -2.37. The van der Waals surface area contributed by atoms with E-state index in [4.69, 9.17) is 0 Å². The minimum Gasteiger partial charge on any atom is -0.312 e. The van der Waals surface area contributed by atoms with Gasteiger partial charge in [-0.05, 0) is 37.5 Å². The molecule has 0 aromatic heterocycles. The van der Waals surface area contributed by atoms with E-state index >= 15 is 0 Å². The summed E-state index contributed by atoms with van der Waals surface area (Å²) in [6.07, 6.45) is 7.78. The lowest BCUT2D eigenvalue weighted by atomic mass is 10.1. The Morgan fingerprint density at radius 1 is 1.14 bits per heavy atom. The molecule has 2 saturated carbocycles. The predicted octanol–water partition coefficient (Wildman–Crippen LogP) is 1.54. The highest BCUT2D eigenvalue weighted by Gasteiger charge is 2.40. The van der Waals surface area contributed by atoms with Crippen LogP contribution in [0.4, 0.5) is 0 Å². The molecule has 2 N–H and O–H groups in total. The van der Waals surface area contributed by atoms with Crippen LogP contribution >= 0.6 is 0 Å². The van der Waals surface area contributed by atoms with Crippen molar-refractivity contribution in [2.75, 3.05) is 19.6 Å². The van der Waals surface area contributed by atoms with Crippen LogP contribution in [0.25, 0.3) is 0 Å². The van der Waals surface area contributed by atoms with Gasteiger partial charge in [-0.3, -0.25) is 0 Å². The molecule has 2 fully saturated rings. The Labute approximate surface area is 87.2 Å². The molecule has 0 unspecified atom stereocenters. The van der Waals surface area contributed by atoms with Crippen LogP contribution in [0.3, 0.4) is 0 Å². The Morgan fingerprint density at radius 3 is 2.29 bits per heavy atom. The smallest absolute Gasteiger partial charge is 0.0132 e. The van der Waals surface area contributed by atoms with Crippen LogP contribution in [0.15, 0.2) is 12.7 Å². The molecule has 0 aromatic carbocycles. The van der Waals surface area contributed by atoms with Crippen molar-refractivity contribution in [3.05, 3.63) is 12.7 Å². The zero-order chi connectivity index (χ0) is 9.80. The van der Waals surface area contributed by atoms with Crippen LogP contribution in [-0.4, -0.2) is 25.7 Å². The molecule has 0 aromatic rings. The molecule has 0 saturated heterocycles. The molecule has 0 radical (unpaired) electrons. The molecule has 0 amide bonds. The Bertz CT molecular complexity index is 171. The Morgan fingerprint density at radius 2 is 1.79 bits per heavy atom. The van der Waals surface area contributed by atoms with Gasteiger partial charge in [0.25, 0.3) is 0 Å². The van der Waals surface area contributed by atoms with Gasteiger partial charge in [0.1, 0.15) is 0 Å². The van der Waals surface area contributed by atoms with Crippen LogP contribution in [0.5, 0.6) is 0 Å². The summed E-state index contributed by atoms with van der Waals surface area (Å²) < 4.78 is 0. The largest absolute Gasteiger partial charge is 0.312 e. The first kappa shape index (κ1) is 10.2. The highest BCUT2D eigenvalue weighted by atomic mass is 15.0. The molecule has 0 bridgehead atoms. The molecule has 0 aliphatic heterocycles. The standard InChI is InChI=1S/C12H22N2/c1-2-7-13-8-9-14-12(10-3-4-10)11-5-6-11/h2,10-14H,1,3-9H2. The van der Waals surface area contributed by atoms with Crippen molar-refractivity contribution in [2.24, 2.45) is 11.8 Å². The molecule has 0 atom stereocenters. The lowest BCUT2D eigenvalue weighted by molar-refractivity contribution is 0.416. The van der Waals surface area contributed by atoms with E-state index in [2.05, 4.69) is 17.2 Å². The van der Waals surface area contributed by atoms with E-state index in [1.54, 1.807) is 0 Å². The maximum Gasteiger partial charge on any atom is 0.0132 e. The van der Waals surface area contributed by atoms with Gasteiger partial charge >= 0.3 is 0 Å². The summed E-state index contributed by atoms with van der Waals surface area (Å²) in [5, 5.41) is 7.03. The van der Waals surface area contributed by atoms with Crippen LogP contribution in [-0.2, 0) is 0 Å². The van der Waals surface area contributed by atoms with Gasteiger partial charge in [0.15, 0.2) is 0 Å². The van der Waals surface area contributed by atoms with Gasteiger partial charge in [0.2, 0.25) is 0 Å². The van der Waals surface area contributed by atoms with Crippen LogP contribution < -0.4 is 10.6 Å². The summed E-state index contributed by atoms with van der Waals surface area (Å²) in [7, 11) is 0. The number of rotatable bonds is 8. The first-order chi connectivity index (χ1) is 6.92. The molecule has 2 nitrogen and oxygen atoms in total. The van der Waals surface area contributed by atoms with Gasteiger partial charge < -0.3 is 10.6 Å². The maximum absolute atomic E-state index is 3.71. The summed E-state index contributed by atoms with van der Waals surface area (Å²) in [4.78, 5) is 0. The SMILES string of the molecule is C=CCNCCNC(C1CC1)C1CC1. The molecule has 2 heteroatoms. The van der Waals surface area contributed by atoms with Gasteiger partial charge in [-0.25, -0.2) is 0 Å². The molecule has 2 aliphatic rings. The fourth-order valence-corrected chi connectivity index (χ4v) is 2.16. The van der Waals surface area contributed by atoms with Crippen molar-refractivity contribution >= 4 is 0 Å². The number of hydrogen-bond acceptors (Lipinski definition) is 2. The summed E-state index contributed by atoms with van der Waals surface area (Å²) in [6, 6.07) is 0.848. The maximum atomic E-state index is 3.71. The van der Waals surface area contributed by atoms with E-state index < -0.39 is 0 Å². The fourth-order valence-electron chi connectivity index (χ4n) is 2.16. The van der Waals surface area contributed by atoms with E-state index in [1.165, 1.54) is 25.7 Å². The number of nitrogens with one attached hydrogen (secondary N) is 2. The van der Waals surface area contributed by atoms with Crippen LogP contribution in [0, 0.1) is 11.8 Å². The van der Waals surface area contributed by atoms with Crippen LogP contribution in [0.1, 0.15) is 25.7 Å². The quantitative estimate of drug-likeness (QED) is 0.452. The molecule has 14 heavy (non-hydrogen) atoms. The molecule has 80 valence electrons. The third kappa shape index (κ3) is 3.10. The molecular formula is C12H22N2. The summed E-state index contributed by atoms with van der Waals surface area (Å²) >= 11 is 0. The van der Waals surface area contributed by atoms with E-state index in [0.717, 1.165) is 37.5 Å². The van der Waals surface area contributed by atoms with Crippen LogP contribution in [0.2, 0.25) is 0 Å². The van der Waals surface area contributed by atoms with E-state index in [1.807, 2.05) is 6.08 Å². The molecule has 0 spiro atoms. The third-order valence-electron chi connectivity index (χ3n) is 3.23. The van der Waals surface area contributed by atoms with Crippen molar-refractivity contribution in [1.29, 1.82) is 0 Å². The first-order valence-corrected chi connectivity index (χ1v) is 5.97. The number of hydrogen-bond donors (Lipinski definition) is 2. The van der Waals surface area contributed by atoms with Crippen molar-refractivity contribution in [3.63, 3.8) is 0 Å². The van der Waals surface area contributed by atoms with Crippen molar-refractivity contribution in [3.8, 4) is 0 Å². The normalized spacial score (nSPS) is 21.5. The molecular weight excluding hydrogens is 172 g/mol. The second kappa shape index (κ2) is 4.94. The van der Waals surface area contributed by atoms with Gasteiger partial charge in [0, 0.05) is 25.7 Å². The average molecular weight is 194 g/mol. The van der Waals surface area contributed by atoms with Gasteiger partial charge in [0.05, 0.1) is 0 Å². The highest BCUT2D eigenvalue weighted by Crippen LogP contribution is 2.44. The van der Waals surface area contributed by atoms with E-state index in [0.29, 0.717) is 0 Å². The van der Waals surface area contributed by atoms with Gasteiger partial charge in [-0.15, -0.1) is 6.58 Å². The Balaban J connectivity index is 1.55. The molecule has 0 heterocycles. The van der Waals surface area contributed by atoms with Crippen molar-refractivity contribution in [2.45, 2.75) is 31.7 Å². The lowest BCUT2D eigenvalue weighted by Gasteiger charge is -2.17. The zero-order valence-electron chi connectivity index (χ0n) is 8.97. The molecule has 2 rings (SSSR count). The summed E-state index contributed by atoms with van der Waals surface area (Å²) in [6.45, 7) is 6.80. The van der Waals surface area contributed by atoms with Gasteiger partial charge in [-0.2, -0.15) is 0 Å². The fraction of sp³-hybridized carbons (Fsp3) is 0.833. The summed E-state index contributed by atoms with van der Waals surface area (Å²) in [5.41, 5.74) is 0. The third-order valence-corrected chi connectivity index (χ3v) is 3.23. The summed E-state index contributed by atoms with van der Waals surface area (Å²) in [5.74, 6) is 2.03. The predicted molar refractivity (Wildman–Crippen MR) is 60.3 cm³/mol. The molecule has 2 aliphatic carbocycles. The second-order valence-electron chi connectivity index (χ2n) is 4.65. The Hall–Kier alpha value is -0.340.